The lowest BCUT2D eigenvalue weighted by atomic mass is 10.2. The summed E-state index contributed by atoms with van der Waals surface area (Å²) in [6.45, 7) is 0.696. The minimum absolute atomic E-state index is 0.00724. The summed E-state index contributed by atoms with van der Waals surface area (Å²) in [6.07, 6.45) is 6.11. The van der Waals surface area contributed by atoms with Gasteiger partial charge in [0.05, 0.1) is 11.4 Å². The zero-order valence-electron chi connectivity index (χ0n) is 15.2. The molecule has 142 valence electrons. The number of amides is 2. The molecule has 0 bridgehead atoms. The van der Waals surface area contributed by atoms with Crippen molar-refractivity contribution >= 4 is 45.7 Å². The molecule has 5 nitrogen and oxygen atoms in total. The molecule has 2 aliphatic rings. The molecule has 7 heteroatoms. The average Bonchev–Trinajstić information content (AvgIpc) is 2.93. The van der Waals surface area contributed by atoms with Gasteiger partial charge in [-0.25, -0.2) is 4.98 Å². The molecule has 1 N–H and O–H groups in total. The zero-order chi connectivity index (χ0) is 18.6. The number of hydrogen-bond acceptors (Lipinski definition) is 5. The van der Waals surface area contributed by atoms with Crippen LogP contribution in [0.4, 0.5) is 10.8 Å². The summed E-state index contributed by atoms with van der Waals surface area (Å²) in [6, 6.07) is 7.95. The third-order valence-electron chi connectivity index (χ3n) is 4.94. The molecule has 0 radical (unpaired) electrons. The van der Waals surface area contributed by atoms with E-state index in [0.717, 1.165) is 34.9 Å². The molecule has 2 aromatic rings. The van der Waals surface area contributed by atoms with Crippen LogP contribution in [-0.2, 0) is 22.4 Å². The lowest BCUT2D eigenvalue weighted by molar-refractivity contribution is -0.122. The van der Waals surface area contributed by atoms with Gasteiger partial charge in [-0.05, 0) is 37.8 Å². The molecule has 1 aliphatic heterocycles. The Balaban J connectivity index is 1.33. The van der Waals surface area contributed by atoms with Crippen molar-refractivity contribution in [3.8, 4) is 0 Å². The van der Waals surface area contributed by atoms with Gasteiger partial charge in [0.1, 0.15) is 0 Å². The number of hydrogen-bond donors (Lipinski definition) is 1. The van der Waals surface area contributed by atoms with Gasteiger partial charge in [-0.15, -0.1) is 23.1 Å². The number of nitrogens with one attached hydrogen (secondary N) is 1. The number of fused-ring (bicyclic) bond motifs is 2. The van der Waals surface area contributed by atoms with E-state index < -0.39 is 0 Å². The van der Waals surface area contributed by atoms with E-state index >= 15 is 0 Å². The molecule has 0 atom stereocenters. The first-order chi connectivity index (χ1) is 13.2. The maximum Gasteiger partial charge on any atom is 0.227 e. The van der Waals surface area contributed by atoms with Crippen LogP contribution in [0.15, 0.2) is 29.2 Å². The van der Waals surface area contributed by atoms with E-state index in [1.807, 2.05) is 29.2 Å². The van der Waals surface area contributed by atoms with Gasteiger partial charge < -0.3 is 10.2 Å². The van der Waals surface area contributed by atoms with Crippen molar-refractivity contribution in [1.82, 2.24) is 4.98 Å². The number of aromatic nitrogens is 1. The topological polar surface area (TPSA) is 62.3 Å². The Morgan fingerprint density at radius 2 is 1.96 bits per heavy atom. The van der Waals surface area contributed by atoms with E-state index in [-0.39, 0.29) is 24.7 Å². The van der Waals surface area contributed by atoms with Crippen LogP contribution in [0, 0.1) is 0 Å². The van der Waals surface area contributed by atoms with Gasteiger partial charge in [0.15, 0.2) is 5.13 Å². The van der Waals surface area contributed by atoms with Gasteiger partial charge in [0.2, 0.25) is 11.8 Å². The van der Waals surface area contributed by atoms with E-state index in [1.165, 1.54) is 24.1 Å². The van der Waals surface area contributed by atoms with Crippen molar-refractivity contribution in [3.63, 3.8) is 0 Å². The predicted molar refractivity (Wildman–Crippen MR) is 111 cm³/mol. The zero-order valence-corrected chi connectivity index (χ0v) is 16.8. The van der Waals surface area contributed by atoms with Crippen LogP contribution in [0.5, 0.6) is 0 Å². The molecule has 0 saturated heterocycles. The van der Waals surface area contributed by atoms with Crippen LogP contribution >= 0.6 is 23.1 Å². The molecule has 4 rings (SSSR count). The second-order valence-corrected chi connectivity index (χ2v) is 9.08. The van der Waals surface area contributed by atoms with E-state index in [0.29, 0.717) is 11.7 Å². The third-order valence-corrected chi connectivity index (χ3v) is 7.05. The molecule has 0 fully saturated rings. The molecule has 0 saturated carbocycles. The number of aryl methyl sites for hydroxylation is 2. The van der Waals surface area contributed by atoms with E-state index in [2.05, 4.69) is 10.3 Å². The lowest BCUT2D eigenvalue weighted by Crippen LogP contribution is -2.35. The van der Waals surface area contributed by atoms with Gasteiger partial charge in [-0.1, -0.05) is 18.6 Å². The molecule has 27 heavy (non-hydrogen) atoms. The van der Waals surface area contributed by atoms with Crippen molar-refractivity contribution in [2.24, 2.45) is 0 Å². The normalized spacial score (nSPS) is 16.2. The van der Waals surface area contributed by atoms with Gasteiger partial charge in [0, 0.05) is 34.9 Å². The number of carbonyl (C=O) groups excluding carboxylic acids is 2. The predicted octanol–water partition coefficient (Wildman–Crippen LogP) is 4.27. The molecule has 0 unspecified atom stereocenters. The van der Waals surface area contributed by atoms with Crippen LogP contribution < -0.4 is 10.2 Å². The van der Waals surface area contributed by atoms with Gasteiger partial charge >= 0.3 is 0 Å². The average molecular weight is 402 g/mol. The highest BCUT2D eigenvalue weighted by Crippen LogP contribution is 2.34. The number of benzene rings is 1. The van der Waals surface area contributed by atoms with Crippen LogP contribution in [-0.4, -0.2) is 29.1 Å². The van der Waals surface area contributed by atoms with E-state index in [9.17, 15) is 9.59 Å². The van der Waals surface area contributed by atoms with E-state index in [4.69, 9.17) is 0 Å². The Hall–Kier alpha value is -1.86. The lowest BCUT2D eigenvalue weighted by Gasteiger charge is -2.28. The smallest absolute Gasteiger partial charge is 0.227 e. The second-order valence-electron chi connectivity index (χ2n) is 6.86. The summed E-state index contributed by atoms with van der Waals surface area (Å²) in [4.78, 5) is 33.8. The van der Waals surface area contributed by atoms with Crippen LogP contribution in [0.25, 0.3) is 0 Å². The Kier molecular flexibility index (Phi) is 5.78. The quantitative estimate of drug-likeness (QED) is 0.777. The second kappa shape index (κ2) is 8.44. The molecule has 0 spiro atoms. The summed E-state index contributed by atoms with van der Waals surface area (Å²) in [5.74, 6) is 0.763. The third kappa shape index (κ3) is 4.35. The molecule has 2 amide bonds. The van der Waals surface area contributed by atoms with Crippen LogP contribution in [0.2, 0.25) is 0 Å². The fourth-order valence-electron chi connectivity index (χ4n) is 3.55. The summed E-state index contributed by atoms with van der Waals surface area (Å²) in [5.41, 5.74) is 2.11. The summed E-state index contributed by atoms with van der Waals surface area (Å²) in [7, 11) is 0. The fourth-order valence-corrected chi connectivity index (χ4v) is 5.61. The number of anilines is 2. The molecule has 2 heterocycles. The molecule has 1 aromatic carbocycles. The van der Waals surface area contributed by atoms with Crippen molar-refractivity contribution in [2.75, 3.05) is 22.5 Å². The number of nitrogens with zero attached hydrogens (tertiary/aromatic N) is 2. The molecular weight excluding hydrogens is 378 g/mol. The standard InChI is InChI=1S/C20H23N3O2S2/c24-18(22-20-21-14-6-2-1-3-8-16(14)27-20)10-11-19(25)23-12-13-26-17-9-5-4-7-15(17)23/h4-5,7,9H,1-3,6,8,10-13H2,(H,21,22,24). The van der Waals surface area contributed by atoms with Crippen LogP contribution in [0.1, 0.15) is 42.7 Å². The number of carbonyl (C=O) groups is 2. The molecule has 1 aliphatic carbocycles. The monoisotopic (exact) mass is 401 g/mol. The number of para-hydroxylation sites is 1. The van der Waals surface area contributed by atoms with Crippen molar-refractivity contribution in [3.05, 3.63) is 34.8 Å². The molecule has 1 aromatic heterocycles. The highest BCUT2D eigenvalue weighted by atomic mass is 32.2. The first kappa shape index (κ1) is 18.5. The number of thiazole rings is 1. The van der Waals surface area contributed by atoms with Gasteiger partial charge in [-0.2, -0.15) is 0 Å². The first-order valence-corrected chi connectivity index (χ1v) is 11.3. The molecular formula is C20H23N3O2S2. The van der Waals surface area contributed by atoms with Crippen molar-refractivity contribution in [1.29, 1.82) is 0 Å². The van der Waals surface area contributed by atoms with Crippen molar-refractivity contribution < 1.29 is 9.59 Å². The first-order valence-electron chi connectivity index (χ1n) is 9.51. The van der Waals surface area contributed by atoms with E-state index in [1.54, 1.807) is 23.1 Å². The minimum atomic E-state index is -0.132. The van der Waals surface area contributed by atoms with Gasteiger partial charge in [-0.3, -0.25) is 9.59 Å². The minimum Gasteiger partial charge on any atom is -0.310 e. The summed E-state index contributed by atoms with van der Waals surface area (Å²) in [5, 5.41) is 3.57. The highest BCUT2D eigenvalue weighted by molar-refractivity contribution is 7.99. The van der Waals surface area contributed by atoms with Gasteiger partial charge in [0.25, 0.3) is 0 Å². The Labute approximate surface area is 167 Å². The number of thioether (sulfide) groups is 1. The van der Waals surface area contributed by atoms with Crippen LogP contribution in [0.3, 0.4) is 0 Å². The summed E-state index contributed by atoms with van der Waals surface area (Å²) < 4.78 is 0. The number of rotatable bonds is 4. The summed E-state index contributed by atoms with van der Waals surface area (Å²) >= 11 is 3.36. The maximum absolute atomic E-state index is 12.6. The maximum atomic E-state index is 12.6. The largest absolute Gasteiger partial charge is 0.310 e. The Morgan fingerprint density at radius 3 is 2.89 bits per heavy atom. The SMILES string of the molecule is O=C(CCC(=O)N1CCSc2ccccc21)Nc1nc2c(s1)CCCCC2. The van der Waals surface area contributed by atoms with Crippen molar-refractivity contribution in [2.45, 2.75) is 49.8 Å². The highest BCUT2D eigenvalue weighted by Gasteiger charge is 2.23. The Bertz CT molecular complexity index is 826. The fraction of sp³-hybridized carbons (Fsp3) is 0.450. The Morgan fingerprint density at radius 1 is 1.11 bits per heavy atom.